The molecule has 0 aromatic carbocycles. The number of fused-ring (bicyclic) bond motifs is 1. The average molecular weight is 305 g/mol. The van der Waals surface area contributed by atoms with Crippen LogP contribution < -0.4 is 5.56 Å². The van der Waals surface area contributed by atoms with Crippen molar-refractivity contribution in [1.29, 1.82) is 0 Å². The van der Waals surface area contributed by atoms with E-state index in [9.17, 15) is 4.79 Å². The van der Waals surface area contributed by atoms with Gasteiger partial charge in [-0.05, 0) is 34.1 Å². The number of rotatable bonds is 2. The zero-order valence-corrected chi connectivity index (χ0v) is 10.9. The Kier molecular flexibility index (Phi) is 2.71. The highest BCUT2D eigenvalue weighted by atomic mass is 79.9. The number of H-pyrrole nitrogens is 1. The van der Waals surface area contributed by atoms with Crippen LogP contribution in [0.2, 0.25) is 0 Å². The summed E-state index contributed by atoms with van der Waals surface area (Å²) in [5.41, 5.74) is 1.44. The molecule has 0 radical (unpaired) electrons. The maximum absolute atomic E-state index is 11.6. The molecule has 3 rings (SSSR count). The minimum atomic E-state index is -0.162. The van der Waals surface area contributed by atoms with Crippen LogP contribution >= 0.6 is 15.9 Å². The summed E-state index contributed by atoms with van der Waals surface area (Å²) in [6, 6.07) is 7.47. The molecule has 0 bridgehead atoms. The first-order valence-electron chi connectivity index (χ1n) is 5.38. The molecule has 0 saturated carbocycles. The van der Waals surface area contributed by atoms with Crippen molar-refractivity contribution in [1.82, 2.24) is 19.7 Å². The summed E-state index contributed by atoms with van der Waals surface area (Å²) in [4.78, 5) is 18.6. The summed E-state index contributed by atoms with van der Waals surface area (Å²) >= 11 is 3.20. The standard InChI is InChI=1S/C12H9BrN4O/c13-10-5-8-6-15-17(11(8)16-12(10)18)7-9-3-1-2-4-14-9/h1-6H,7H2,(H,16,18). The number of halogens is 1. The van der Waals surface area contributed by atoms with E-state index in [-0.39, 0.29) is 5.56 Å². The number of nitrogens with zero attached hydrogens (tertiary/aromatic N) is 3. The third-order valence-corrected chi connectivity index (χ3v) is 3.23. The highest BCUT2D eigenvalue weighted by molar-refractivity contribution is 9.10. The van der Waals surface area contributed by atoms with Gasteiger partial charge < -0.3 is 4.98 Å². The van der Waals surface area contributed by atoms with Crippen LogP contribution in [0.5, 0.6) is 0 Å². The Hall–Kier alpha value is -1.95. The van der Waals surface area contributed by atoms with E-state index in [0.717, 1.165) is 11.1 Å². The van der Waals surface area contributed by atoms with Gasteiger partial charge in [-0.25, -0.2) is 4.68 Å². The predicted molar refractivity (Wildman–Crippen MR) is 71.4 cm³/mol. The quantitative estimate of drug-likeness (QED) is 0.787. The molecule has 3 aromatic heterocycles. The van der Waals surface area contributed by atoms with Crippen LogP contribution in [0.15, 0.2) is 45.9 Å². The number of hydrogen-bond acceptors (Lipinski definition) is 3. The molecule has 1 N–H and O–H groups in total. The molecule has 0 saturated heterocycles. The molecule has 0 fully saturated rings. The minimum Gasteiger partial charge on any atom is -0.306 e. The lowest BCUT2D eigenvalue weighted by atomic mass is 10.3. The number of aromatic amines is 1. The lowest BCUT2D eigenvalue weighted by molar-refractivity contribution is 0.688. The lowest BCUT2D eigenvalue weighted by Gasteiger charge is -2.02. The Morgan fingerprint density at radius 2 is 2.28 bits per heavy atom. The van der Waals surface area contributed by atoms with Crippen LogP contribution in [0, 0.1) is 0 Å². The Bertz CT molecular complexity index is 748. The zero-order chi connectivity index (χ0) is 12.5. The van der Waals surface area contributed by atoms with Gasteiger partial charge in [0.15, 0.2) is 0 Å². The van der Waals surface area contributed by atoms with E-state index in [1.165, 1.54) is 0 Å². The number of pyridine rings is 2. The topological polar surface area (TPSA) is 63.6 Å². The van der Waals surface area contributed by atoms with Gasteiger partial charge in [0.25, 0.3) is 5.56 Å². The van der Waals surface area contributed by atoms with E-state index in [1.807, 2.05) is 18.2 Å². The summed E-state index contributed by atoms with van der Waals surface area (Å²) in [6.45, 7) is 0.530. The third kappa shape index (κ3) is 1.95. The molecule has 90 valence electrons. The van der Waals surface area contributed by atoms with E-state index in [1.54, 1.807) is 23.1 Å². The molecule has 5 nitrogen and oxygen atoms in total. The molecule has 18 heavy (non-hydrogen) atoms. The molecule has 6 heteroatoms. The molecule has 3 aromatic rings. The SMILES string of the molecule is O=c1[nH]c2c(cnn2Cc2ccccn2)cc1Br. The fourth-order valence-corrected chi connectivity index (χ4v) is 2.12. The van der Waals surface area contributed by atoms with Crippen molar-refractivity contribution >= 4 is 27.0 Å². The van der Waals surface area contributed by atoms with E-state index in [4.69, 9.17) is 0 Å². The lowest BCUT2D eigenvalue weighted by Crippen LogP contribution is -2.10. The Labute approximate surface area is 111 Å². The van der Waals surface area contributed by atoms with E-state index >= 15 is 0 Å². The first-order valence-corrected chi connectivity index (χ1v) is 6.17. The van der Waals surface area contributed by atoms with E-state index in [0.29, 0.717) is 16.7 Å². The van der Waals surface area contributed by atoms with Crippen molar-refractivity contribution in [3.63, 3.8) is 0 Å². The van der Waals surface area contributed by atoms with E-state index < -0.39 is 0 Å². The van der Waals surface area contributed by atoms with Gasteiger partial charge in [0.1, 0.15) is 5.65 Å². The summed E-state index contributed by atoms with van der Waals surface area (Å²) in [5.74, 6) is 0. The van der Waals surface area contributed by atoms with Crippen LogP contribution in [0.25, 0.3) is 11.0 Å². The highest BCUT2D eigenvalue weighted by Gasteiger charge is 2.07. The van der Waals surface area contributed by atoms with Gasteiger partial charge in [0, 0.05) is 11.6 Å². The molecular formula is C12H9BrN4O. The molecule has 0 atom stereocenters. The van der Waals surface area contributed by atoms with Crippen molar-refractivity contribution in [2.45, 2.75) is 6.54 Å². The van der Waals surface area contributed by atoms with Crippen molar-refractivity contribution in [2.75, 3.05) is 0 Å². The van der Waals surface area contributed by atoms with Gasteiger partial charge in [0.05, 0.1) is 22.9 Å². The summed E-state index contributed by atoms with van der Waals surface area (Å²) < 4.78 is 2.23. The zero-order valence-electron chi connectivity index (χ0n) is 9.30. The second-order valence-corrected chi connectivity index (χ2v) is 4.73. The summed E-state index contributed by atoms with van der Waals surface area (Å²) in [5, 5.41) is 5.14. The van der Waals surface area contributed by atoms with Gasteiger partial charge in [0.2, 0.25) is 0 Å². The van der Waals surface area contributed by atoms with Crippen LogP contribution in [-0.2, 0) is 6.54 Å². The fourth-order valence-electron chi connectivity index (χ4n) is 1.78. The second kappa shape index (κ2) is 4.38. The highest BCUT2D eigenvalue weighted by Crippen LogP contribution is 2.14. The van der Waals surface area contributed by atoms with Crippen molar-refractivity contribution in [3.8, 4) is 0 Å². The number of hydrogen-bond donors (Lipinski definition) is 1. The molecule has 0 spiro atoms. The normalized spacial score (nSPS) is 10.9. The monoisotopic (exact) mass is 304 g/mol. The van der Waals surface area contributed by atoms with Crippen LogP contribution in [0.4, 0.5) is 0 Å². The van der Waals surface area contributed by atoms with Crippen molar-refractivity contribution in [3.05, 3.63) is 57.2 Å². The maximum atomic E-state index is 11.6. The van der Waals surface area contributed by atoms with Gasteiger partial charge >= 0.3 is 0 Å². The maximum Gasteiger partial charge on any atom is 0.263 e. The van der Waals surface area contributed by atoms with Gasteiger partial charge in [-0.3, -0.25) is 9.78 Å². The number of nitrogens with one attached hydrogen (secondary N) is 1. The second-order valence-electron chi connectivity index (χ2n) is 3.87. The van der Waals surface area contributed by atoms with Crippen molar-refractivity contribution in [2.24, 2.45) is 0 Å². The molecule has 0 unspecified atom stereocenters. The molecule has 3 heterocycles. The first-order chi connectivity index (χ1) is 8.74. The van der Waals surface area contributed by atoms with Crippen LogP contribution in [0.1, 0.15) is 5.69 Å². The average Bonchev–Trinajstić information content (AvgIpc) is 2.74. The van der Waals surface area contributed by atoms with Crippen LogP contribution in [0.3, 0.4) is 0 Å². The Morgan fingerprint density at radius 1 is 1.39 bits per heavy atom. The minimum absolute atomic E-state index is 0.162. The van der Waals surface area contributed by atoms with Gasteiger partial charge in [-0.15, -0.1) is 0 Å². The van der Waals surface area contributed by atoms with Crippen LogP contribution in [-0.4, -0.2) is 19.7 Å². The summed E-state index contributed by atoms with van der Waals surface area (Å²) in [6.07, 6.45) is 3.46. The largest absolute Gasteiger partial charge is 0.306 e. The molecular weight excluding hydrogens is 296 g/mol. The van der Waals surface area contributed by atoms with Crippen molar-refractivity contribution < 1.29 is 0 Å². The molecule has 0 amide bonds. The summed E-state index contributed by atoms with van der Waals surface area (Å²) in [7, 11) is 0. The molecule has 0 aliphatic rings. The molecule has 0 aliphatic heterocycles. The smallest absolute Gasteiger partial charge is 0.263 e. The van der Waals surface area contributed by atoms with Gasteiger partial charge in [-0.2, -0.15) is 5.10 Å². The predicted octanol–water partition coefficient (Wildman–Crippen LogP) is 1.93. The Morgan fingerprint density at radius 3 is 3.06 bits per heavy atom. The molecule has 0 aliphatic carbocycles. The van der Waals surface area contributed by atoms with Gasteiger partial charge in [-0.1, -0.05) is 6.07 Å². The first kappa shape index (κ1) is 11.2. The number of aromatic nitrogens is 4. The van der Waals surface area contributed by atoms with E-state index in [2.05, 4.69) is 31.0 Å². The fraction of sp³-hybridized carbons (Fsp3) is 0.0833. The Balaban J connectivity index is 2.08. The third-order valence-electron chi connectivity index (χ3n) is 2.64.